The second-order valence-corrected chi connectivity index (χ2v) is 5.78. The number of aliphatic carboxylic acids is 1. The summed E-state index contributed by atoms with van der Waals surface area (Å²) in [7, 11) is 0. The van der Waals surface area contributed by atoms with Crippen LogP contribution in [0.3, 0.4) is 0 Å². The Morgan fingerprint density at radius 3 is 1.72 bits per heavy atom. The Hall–Kier alpha value is -0.570. The molecule has 1 fully saturated rings. The largest absolute Gasteiger partial charge is 0.481 e. The van der Waals surface area contributed by atoms with Gasteiger partial charge in [-0.3, -0.25) is 4.79 Å². The first-order valence-electron chi connectivity index (χ1n) is 7.67. The fraction of sp³-hybridized carbons (Fsp3) is 0.933. The van der Waals surface area contributed by atoms with Crippen molar-refractivity contribution < 1.29 is 9.90 Å². The van der Waals surface area contributed by atoms with Crippen molar-refractivity contribution in [3.63, 3.8) is 0 Å². The van der Waals surface area contributed by atoms with Gasteiger partial charge < -0.3 is 10.8 Å². The molecule has 18 heavy (non-hydrogen) atoms. The maximum Gasteiger partial charge on any atom is 0.304 e. The van der Waals surface area contributed by atoms with Crippen LogP contribution in [0.15, 0.2) is 0 Å². The van der Waals surface area contributed by atoms with E-state index in [1.807, 2.05) is 0 Å². The van der Waals surface area contributed by atoms with E-state index in [-0.39, 0.29) is 12.5 Å². The Bertz CT molecular complexity index is 219. The van der Waals surface area contributed by atoms with Gasteiger partial charge in [-0.05, 0) is 18.8 Å². The van der Waals surface area contributed by atoms with Crippen molar-refractivity contribution in [1.29, 1.82) is 0 Å². The van der Waals surface area contributed by atoms with E-state index in [4.69, 9.17) is 10.8 Å². The molecule has 3 nitrogen and oxygen atoms in total. The molecule has 106 valence electrons. The van der Waals surface area contributed by atoms with Crippen LogP contribution in [0.25, 0.3) is 0 Å². The highest BCUT2D eigenvalue weighted by atomic mass is 16.4. The third-order valence-corrected chi connectivity index (χ3v) is 4.17. The van der Waals surface area contributed by atoms with Gasteiger partial charge in [0.2, 0.25) is 0 Å². The van der Waals surface area contributed by atoms with E-state index in [1.54, 1.807) is 0 Å². The van der Waals surface area contributed by atoms with E-state index < -0.39 is 5.97 Å². The van der Waals surface area contributed by atoms with Crippen LogP contribution >= 0.6 is 0 Å². The van der Waals surface area contributed by atoms with Crippen molar-refractivity contribution in [2.24, 2.45) is 11.7 Å². The zero-order valence-corrected chi connectivity index (χ0v) is 11.6. The lowest BCUT2D eigenvalue weighted by Gasteiger charge is -2.23. The van der Waals surface area contributed by atoms with Crippen molar-refractivity contribution >= 4 is 5.97 Å². The van der Waals surface area contributed by atoms with Crippen LogP contribution in [0.2, 0.25) is 0 Å². The van der Waals surface area contributed by atoms with Crippen molar-refractivity contribution in [3.8, 4) is 0 Å². The van der Waals surface area contributed by atoms with Gasteiger partial charge in [0.05, 0.1) is 6.42 Å². The van der Waals surface area contributed by atoms with Gasteiger partial charge in [0.1, 0.15) is 0 Å². The number of hydrogen-bond acceptors (Lipinski definition) is 2. The van der Waals surface area contributed by atoms with Crippen LogP contribution in [0.4, 0.5) is 0 Å². The molecule has 1 aliphatic carbocycles. The fourth-order valence-corrected chi connectivity index (χ4v) is 2.99. The second-order valence-electron chi connectivity index (χ2n) is 5.78. The summed E-state index contributed by atoms with van der Waals surface area (Å²) in [6.07, 6.45) is 14.2. The quantitative estimate of drug-likeness (QED) is 0.808. The molecule has 0 aromatic carbocycles. The van der Waals surface area contributed by atoms with Gasteiger partial charge in [0.15, 0.2) is 0 Å². The number of carboxylic acid groups (broad SMARTS) is 1. The maximum absolute atomic E-state index is 10.7. The van der Waals surface area contributed by atoms with Crippen molar-refractivity contribution in [1.82, 2.24) is 0 Å². The van der Waals surface area contributed by atoms with Gasteiger partial charge in [-0.15, -0.1) is 0 Å². The standard InChI is InChI=1S/C15H29NO2/c16-14(12-15(17)18)13-10-8-6-4-2-1-3-5-7-9-11-13/h13-14H,1-12,16H2,(H,17,18)/t14-/m0/s1. The number of nitrogens with two attached hydrogens (primary N) is 1. The molecule has 0 aromatic heterocycles. The van der Waals surface area contributed by atoms with E-state index in [0.29, 0.717) is 5.92 Å². The average Bonchev–Trinajstić information content (AvgIpc) is 2.28. The van der Waals surface area contributed by atoms with Gasteiger partial charge in [0, 0.05) is 6.04 Å². The number of carboxylic acids is 1. The predicted molar refractivity (Wildman–Crippen MR) is 74.5 cm³/mol. The van der Waals surface area contributed by atoms with E-state index in [2.05, 4.69) is 0 Å². The summed E-state index contributed by atoms with van der Waals surface area (Å²) in [5.74, 6) is -0.339. The van der Waals surface area contributed by atoms with Gasteiger partial charge >= 0.3 is 5.97 Å². The highest BCUT2D eigenvalue weighted by molar-refractivity contribution is 5.67. The summed E-state index contributed by atoms with van der Waals surface area (Å²) < 4.78 is 0. The summed E-state index contributed by atoms with van der Waals surface area (Å²) >= 11 is 0. The first kappa shape index (κ1) is 15.5. The fourth-order valence-electron chi connectivity index (χ4n) is 2.99. The van der Waals surface area contributed by atoms with Crippen molar-refractivity contribution in [2.45, 2.75) is 83.1 Å². The average molecular weight is 255 g/mol. The second kappa shape index (κ2) is 9.37. The lowest BCUT2D eigenvalue weighted by Crippen LogP contribution is -2.32. The van der Waals surface area contributed by atoms with Crippen LogP contribution in [-0.2, 0) is 4.79 Å². The number of rotatable bonds is 3. The minimum atomic E-state index is -0.756. The number of hydrogen-bond donors (Lipinski definition) is 2. The van der Waals surface area contributed by atoms with Crippen LogP contribution in [-0.4, -0.2) is 17.1 Å². The Morgan fingerprint density at radius 1 is 0.944 bits per heavy atom. The molecule has 0 heterocycles. The summed E-state index contributed by atoms with van der Waals surface area (Å²) in [6.45, 7) is 0. The molecular formula is C15H29NO2. The first-order chi connectivity index (χ1) is 8.70. The van der Waals surface area contributed by atoms with Crippen LogP contribution in [0, 0.1) is 5.92 Å². The zero-order valence-electron chi connectivity index (χ0n) is 11.6. The SMILES string of the molecule is N[C@@H](CC(=O)O)C1CCCCCCCCCCC1. The topological polar surface area (TPSA) is 63.3 Å². The predicted octanol–water partition coefficient (Wildman–Crippen LogP) is 3.71. The molecule has 1 rings (SSSR count). The van der Waals surface area contributed by atoms with Crippen molar-refractivity contribution in [2.75, 3.05) is 0 Å². The van der Waals surface area contributed by atoms with Crippen LogP contribution < -0.4 is 5.73 Å². The van der Waals surface area contributed by atoms with E-state index in [9.17, 15) is 4.79 Å². The summed E-state index contributed by atoms with van der Waals surface area (Å²) in [5, 5.41) is 8.84. The molecule has 1 aliphatic rings. The van der Waals surface area contributed by atoms with E-state index in [1.165, 1.54) is 57.8 Å². The van der Waals surface area contributed by atoms with Gasteiger partial charge in [-0.25, -0.2) is 0 Å². The Kier molecular flexibility index (Phi) is 8.06. The summed E-state index contributed by atoms with van der Waals surface area (Å²) in [6, 6.07) is -0.148. The molecule has 0 bridgehead atoms. The third-order valence-electron chi connectivity index (χ3n) is 4.17. The normalized spacial score (nSPS) is 22.7. The molecule has 0 amide bonds. The molecule has 0 radical (unpaired) electrons. The molecular weight excluding hydrogens is 226 g/mol. The molecule has 1 saturated carbocycles. The molecule has 0 aromatic rings. The van der Waals surface area contributed by atoms with Gasteiger partial charge in [-0.2, -0.15) is 0 Å². The monoisotopic (exact) mass is 255 g/mol. The highest BCUT2D eigenvalue weighted by Crippen LogP contribution is 2.24. The summed E-state index contributed by atoms with van der Waals surface area (Å²) in [4.78, 5) is 10.7. The first-order valence-corrected chi connectivity index (χ1v) is 7.67. The smallest absolute Gasteiger partial charge is 0.304 e. The van der Waals surface area contributed by atoms with Crippen LogP contribution in [0.5, 0.6) is 0 Å². The van der Waals surface area contributed by atoms with E-state index >= 15 is 0 Å². The van der Waals surface area contributed by atoms with E-state index in [0.717, 1.165) is 12.8 Å². The molecule has 1 atom stereocenters. The van der Waals surface area contributed by atoms with Crippen molar-refractivity contribution in [3.05, 3.63) is 0 Å². The van der Waals surface area contributed by atoms with Gasteiger partial charge in [0.25, 0.3) is 0 Å². The molecule has 3 heteroatoms. The lowest BCUT2D eigenvalue weighted by atomic mass is 9.86. The number of carbonyl (C=O) groups is 1. The Balaban J connectivity index is 2.37. The van der Waals surface area contributed by atoms with Gasteiger partial charge in [-0.1, -0.05) is 57.8 Å². The maximum atomic E-state index is 10.7. The summed E-state index contributed by atoms with van der Waals surface area (Å²) in [5.41, 5.74) is 6.05. The third kappa shape index (κ3) is 7.00. The Labute approximate surface area is 111 Å². The molecule has 0 aliphatic heterocycles. The molecule has 0 saturated heterocycles. The molecule has 3 N–H and O–H groups in total. The highest BCUT2D eigenvalue weighted by Gasteiger charge is 2.19. The minimum Gasteiger partial charge on any atom is -0.481 e. The zero-order chi connectivity index (χ0) is 13.2. The minimum absolute atomic E-state index is 0.130. The Morgan fingerprint density at radius 2 is 1.33 bits per heavy atom. The molecule has 0 spiro atoms. The molecule has 0 unspecified atom stereocenters. The lowest BCUT2D eigenvalue weighted by molar-refractivity contribution is -0.137. The van der Waals surface area contributed by atoms with Crippen LogP contribution in [0.1, 0.15) is 77.0 Å².